The van der Waals surface area contributed by atoms with Gasteiger partial charge in [-0.3, -0.25) is 0 Å². The molecule has 0 saturated heterocycles. The van der Waals surface area contributed by atoms with Gasteiger partial charge in [0.2, 0.25) is 0 Å². The van der Waals surface area contributed by atoms with Crippen LogP contribution in [0.25, 0.3) is 11.3 Å². The average Bonchev–Trinajstić information content (AvgIpc) is 2.91. The van der Waals surface area contributed by atoms with Crippen molar-refractivity contribution in [1.82, 2.24) is 10.3 Å². The van der Waals surface area contributed by atoms with E-state index in [9.17, 15) is 0 Å². The molecule has 106 valence electrons. The number of methoxy groups -OCH3 is 1. The summed E-state index contributed by atoms with van der Waals surface area (Å²) in [5.41, 5.74) is 3.81. The molecule has 0 bridgehead atoms. The second-order valence-electron chi connectivity index (χ2n) is 5.31. The first-order valence-electron chi connectivity index (χ1n) is 7.04. The van der Waals surface area contributed by atoms with Gasteiger partial charge in [0.25, 0.3) is 0 Å². The van der Waals surface area contributed by atoms with E-state index in [0.29, 0.717) is 5.92 Å². The number of likely N-dealkylation sites (N-methyl/N-ethyl adjacent to an activating group) is 1. The van der Waals surface area contributed by atoms with Crippen molar-refractivity contribution < 1.29 is 4.74 Å². The van der Waals surface area contributed by atoms with E-state index in [4.69, 9.17) is 9.72 Å². The zero-order valence-corrected chi connectivity index (χ0v) is 13.0. The van der Waals surface area contributed by atoms with Gasteiger partial charge in [0.1, 0.15) is 5.75 Å². The molecule has 0 amide bonds. The molecule has 4 heteroatoms. The van der Waals surface area contributed by atoms with Gasteiger partial charge in [0.05, 0.1) is 17.8 Å². The zero-order chi connectivity index (χ0) is 14.1. The minimum absolute atomic E-state index is 0.463. The van der Waals surface area contributed by atoms with E-state index in [1.54, 1.807) is 7.11 Å². The largest absolute Gasteiger partial charge is 0.497 e. The highest BCUT2D eigenvalue weighted by molar-refractivity contribution is 7.12. The summed E-state index contributed by atoms with van der Waals surface area (Å²) in [7, 11) is 3.71. The van der Waals surface area contributed by atoms with Crippen LogP contribution in [0.5, 0.6) is 5.75 Å². The summed E-state index contributed by atoms with van der Waals surface area (Å²) in [6.07, 6.45) is 2.22. The van der Waals surface area contributed by atoms with Gasteiger partial charge in [-0.15, -0.1) is 11.3 Å². The minimum Gasteiger partial charge on any atom is -0.497 e. The zero-order valence-electron chi connectivity index (χ0n) is 12.2. The van der Waals surface area contributed by atoms with Crippen molar-refractivity contribution in [3.05, 3.63) is 33.6 Å². The number of thiazole rings is 1. The predicted molar refractivity (Wildman–Crippen MR) is 83.9 cm³/mol. The molecule has 1 aromatic carbocycles. The molecule has 3 rings (SSSR count). The monoisotopic (exact) mass is 288 g/mol. The van der Waals surface area contributed by atoms with Crippen LogP contribution in [-0.2, 0) is 12.8 Å². The highest BCUT2D eigenvalue weighted by Crippen LogP contribution is 2.39. The maximum Gasteiger partial charge on any atom is 0.119 e. The summed E-state index contributed by atoms with van der Waals surface area (Å²) in [6, 6.07) is 6.34. The van der Waals surface area contributed by atoms with E-state index < -0.39 is 0 Å². The van der Waals surface area contributed by atoms with Crippen LogP contribution in [0, 0.1) is 0 Å². The molecule has 2 aromatic rings. The summed E-state index contributed by atoms with van der Waals surface area (Å²) >= 11 is 1.87. The van der Waals surface area contributed by atoms with Gasteiger partial charge >= 0.3 is 0 Å². The molecule has 20 heavy (non-hydrogen) atoms. The average molecular weight is 288 g/mol. The number of hydrogen-bond donors (Lipinski definition) is 1. The van der Waals surface area contributed by atoms with Crippen molar-refractivity contribution in [2.75, 3.05) is 20.7 Å². The number of benzene rings is 1. The number of aryl methyl sites for hydroxylation is 2. The number of hydrogen-bond acceptors (Lipinski definition) is 4. The van der Waals surface area contributed by atoms with E-state index in [-0.39, 0.29) is 0 Å². The Labute approximate surface area is 124 Å². The summed E-state index contributed by atoms with van der Waals surface area (Å²) in [5.74, 6) is 1.37. The van der Waals surface area contributed by atoms with Crippen LogP contribution in [0.15, 0.2) is 18.2 Å². The topological polar surface area (TPSA) is 34.2 Å². The van der Waals surface area contributed by atoms with Gasteiger partial charge in [-0.25, -0.2) is 4.98 Å². The summed E-state index contributed by atoms with van der Waals surface area (Å²) in [6.45, 7) is 3.20. The Morgan fingerprint density at radius 1 is 1.40 bits per heavy atom. The van der Waals surface area contributed by atoms with Crippen molar-refractivity contribution in [3.8, 4) is 17.0 Å². The molecule has 1 N–H and O–H groups in total. The lowest BCUT2D eigenvalue weighted by atomic mass is 9.93. The van der Waals surface area contributed by atoms with Gasteiger partial charge in [-0.1, -0.05) is 13.0 Å². The number of nitrogens with zero attached hydrogens (tertiary/aromatic N) is 1. The molecule has 1 unspecified atom stereocenters. The molecule has 1 heterocycles. The third kappa shape index (κ3) is 2.34. The van der Waals surface area contributed by atoms with Crippen molar-refractivity contribution in [1.29, 1.82) is 0 Å². The second kappa shape index (κ2) is 5.54. The van der Waals surface area contributed by atoms with E-state index in [2.05, 4.69) is 24.4 Å². The minimum atomic E-state index is 0.463. The quantitative estimate of drug-likeness (QED) is 0.938. The van der Waals surface area contributed by atoms with E-state index in [1.807, 2.05) is 24.5 Å². The molecule has 0 fully saturated rings. The third-order valence-electron chi connectivity index (χ3n) is 3.84. The fourth-order valence-corrected chi connectivity index (χ4v) is 3.85. The van der Waals surface area contributed by atoms with E-state index >= 15 is 0 Å². The van der Waals surface area contributed by atoms with Crippen LogP contribution < -0.4 is 10.1 Å². The number of ether oxygens (including phenoxy) is 1. The fraction of sp³-hybridized carbons (Fsp3) is 0.438. The highest BCUT2D eigenvalue weighted by Gasteiger charge is 2.22. The standard InChI is InChI=1S/C16H20N2OS/c1-10(9-17-2)16-18-15-13-8-12(19-3)6-4-11(13)5-7-14(15)20-16/h4,6,8,10,17H,5,7,9H2,1-3H3. The Kier molecular flexibility index (Phi) is 3.76. The summed E-state index contributed by atoms with van der Waals surface area (Å²) < 4.78 is 5.35. The van der Waals surface area contributed by atoms with Crippen LogP contribution in [-0.4, -0.2) is 25.7 Å². The predicted octanol–water partition coefficient (Wildman–Crippen LogP) is 3.24. The van der Waals surface area contributed by atoms with E-state index in [0.717, 1.165) is 25.1 Å². The Balaban J connectivity index is 2.02. The van der Waals surface area contributed by atoms with Gasteiger partial charge in [-0.2, -0.15) is 0 Å². The molecule has 0 saturated carbocycles. The Bertz CT molecular complexity index is 621. The molecular formula is C16H20N2OS. The van der Waals surface area contributed by atoms with Crippen LogP contribution in [0.4, 0.5) is 0 Å². The smallest absolute Gasteiger partial charge is 0.119 e. The normalized spacial score (nSPS) is 14.6. The van der Waals surface area contributed by atoms with Crippen LogP contribution in [0.2, 0.25) is 0 Å². The molecule has 3 nitrogen and oxygen atoms in total. The maximum absolute atomic E-state index is 5.35. The molecule has 1 atom stereocenters. The van der Waals surface area contributed by atoms with Gasteiger partial charge in [0.15, 0.2) is 0 Å². The first-order chi connectivity index (χ1) is 9.72. The first kappa shape index (κ1) is 13.6. The van der Waals surface area contributed by atoms with Gasteiger partial charge in [0, 0.05) is 22.9 Å². The Morgan fingerprint density at radius 3 is 3.00 bits per heavy atom. The summed E-state index contributed by atoms with van der Waals surface area (Å²) in [4.78, 5) is 6.33. The molecule has 0 radical (unpaired) electrons. The molecular weight excluding hydrogens is 268 g/mol. The Hall–Kier alpha value is -1.39. The number of rotatable bonds is 4. The number of aromatic nitrogens is 1. The maximum atomic E-state index is 5.35. The van der Waals surface area contributed by atoms with Crippen molar-refractivity contribution >= 4 is 11.3 Å². The molecule has 1 aromatic heterocycles. The van der Waals surface area contributed by atoms with Gasteiger partial charge in [-0.05, 0) is 37.6 Å². The molecule has 1 aliphatic carbocycles. The van der Waals surface area contributed by atoms with Gasteiger partial charge < -0.3 is 10.1 Å². The van der Waals surface area contributed by atoms with Crippen LogP contribution in [0.1, 0.15) is 28.3 Å². The van der Waals surface area contributed by atoms with Crippen molar-refractivity contribution in [2.45, 2.75) is 25.7 Å². The third-order valence-corrected chi connectivity index (χ3v) is 5.19. The lowest BCUT2D eigenvalue weighted by Gasteiger charge is -2.15. The lowest BCUT2D eigenvalue weighted by Crippen LogP contribution is -2.14. The SMILES string of the molecule is CNCC(C)c1nc2c(s1)CCc1ccc(OC)cc1-2. The number of fused-ring (bicyclic) bond motifs is 3. The summed E-state index contributed by atoms with van der Waals surface area (Å²) in [5, 5.41) is 4.47. The lowest BCUT2D eigenvalue weighted by molar-refractivity contribution is 0.415. The first-order valence-corrected chi connectivity index (χ1v) is 7.86. The molecule has 1 aliphatic rings. The fourth-order valence-electron chi connectivity index (χ4n) is 2.72. The van der Waals surface area contributed by atoms with Crippen LogP contribution in [0.3, 0.4) is 0 Å². The van der Waals surface area contributed by atoms with E-state index in [1.165, 1.54) is 26.7 Å². The van der Waals surface area contributed by atoms with Crippen molar-refractivity contribution in [2.24, 2.45) is 0 Å². The molecule has 0 spiro atoms. The van der Waals surface area contributed by atoms with Crippen LogP contribution >= 0.6 is 11.3 Å². The second-order valence-corrected chi connectivity index (χ2v) is 6.42. The highest BCUT2D eigenvalue weighted by atomic mass is 32.1. The van der Waals surface area contributed by atoms with Crippen molar-refractivity contribution in [3.63, 3.8) is 0 Å². The Morgan fingerprint density at radius 2 is 2.25 bits per heavy atom. The number of nitrogens with one attached hydrogen (secondary N) is 1. The molecule has 0 aliphatic heterocycles.